The Labute approximate surface area is 165 Å². The molecule has 0 aromatic heterocycles. The number of guanidine groups is 1. The lowest BCUT2D eigenvalue weighted by atomic mass is 10.1. The summed E-state index contributed by atoms with van der Waals surface area (Å²) in [4.78, 5) is 4.20. The summed E-state index contributed by atoms with van der Waals surface area (Å²) in [7, 11) is 1.74. The van der Waals surface area contributed by atoms with Gasteiger partial charge in [0, 0.05) is 25.2 Å². The lowest BCUT2D eigenvalue weighted by Crippen LogP contribution is -2.37. The monoisotopic (exact) mass is 454 g/mol. The Morgan fingerprint density at radius 2 is 1.88 bits per heavy atom. The number of benzene rings is 2. The third-order valence-electron chi connectivity index (χ3n) is 3.33. The van der Waals surface area contributed by atoms with Crippen LogP contribution < -0.4 is 10.6 Å². The molecule has 2 rings (SSSR count). The summed E-state index contributed by atoms with van der Waals surface area (Å²) in [5.41, 5.74) is 2.89. The first-order valence-corrected chi connectivity index (χ1v) is 7.77. The molecule has 0 spiro atoms. The number of hydrogen-bond acceptors (Lipinski definition) is 2. The van der Waals surface area contributed by atoms with Gasteiger partial charge >= 0.3 is 0 Å². The Kier molecular flexibility index (Phi) is 9.20. The Hall–Kier alpha value is -1.78. The van der Waals surface area contributed by atoms with Crippen molar-refractivity contribution in [2.24, 2.45) is 4.99 Å². The molecule has 4 nitrogen and oxygen atoms in total. The molecule has 0 atom stereocenters. The van der Waals surface area contributed by atoms with Crippen molar-refractivity contribution in [1.82, 2.24) is 10.6 Å². The molecule has 0 unspecified atom stereocenters. The van der Waals surface area contributed by atoms with Gasteiger partial charge in [-0.1, -0.05) is 35.9 Å². The van der Waals surface area contributed by atoms with E-state index in [0.29, 0.717) is 12.1 Å². The van der Waals surface area contributed by atoms with E-state index in [1.165, 1.54) is 5.56 Å². The topological polar surface area (TPSA) is 60.2 Å². The summed E-state index contributed by atoms with van der Waals surface area (Å²) < 4.78 is 0. The quantitative estimate of drug-likeness (QED) is 0.411. The molecule has 0 saturated heterocycles. The van der Waals surface area contributed by atoms with Gasteiger partial charge in [0.05, 0.1) is 11.6 Å². The fraction of sp³-hybridized carbons (Fsp3) is 0.222. The molecule has 6 heteroatoms. The van der Waals surface area contributed by atoms with Gasteiger partial charge in [0.1, 0.15) is 0 Å². The minimum absolute atomic E-state index is 0. The summed E-state index contributed by atoms with van der Waals surface area (Å²) in [6.07, 6.45) is 0.866. The minimum Gasteiger partial charge on any atom is -0.356 e. The Morgan fingerprint density at radius 3 is 2.58 bits per heavy atom. The smallest absolute Gasteiger partial charge is 0.191 e. The van der Waals surface area contributed by atoms with Crippen LogP contribution in [0.1, 0.15) is 16.7 Å². The maximum absolute atomic E-state index is 8.91. The van der Waals surface area contributed by atoms with E-state index >= 15 is 0 Å². The average molecular weight is 455 g/mol. The van der Waals surface area contributed by atoms with E-state index < -0.39 is 0 Å². The van der Waals surface area contributed by atoms with Gasteiger partial charge in [-0.15, -0.1) is 24.0 Å². The molecule has 2 N–H and O–H groups in total. The Balaban J connectivity index is 0.00000288. The van der Waals surface area contributed by atoms with Gasteiger partial charge in [0.2, 0.25) is 0 Å². The highest BCUT2D eigenvalue weighted by atomic mass is 127. The largest absolute Gasteiger partial charge is 0.356 e. The molecule has 126 valence electrons. The second kappa shape index (κ2) is 10.9. The van der Waals surface area contributed by atoms with Crippen molar-refractivity contribution in [3.63, 3.8) is 0 Å². The molecule has 0 aliphatic carbocycles. The molecular weight excluding hydrogens is 435 g/mol. The van der Waals surface area contributed by atoms with E-state index in [0.717, 1.165) is 29.5 Å². The number of nitrogens with zero attached hydrogens (tertiary/aromatic N) is 2. The first-order valence-electron chi connectivity index (χ1n) is 7.39. The number of aliphatic imine (C=N–C) groups is 1. The predicted octanol–water partition coefficient (Wildman–Crippen LogP) is 3.74. The first kappa shape index (κ1) is 20.3. The van der Waals surface area contributed by atoms with E-state index in [1.54, 1.807) is 13.1 Å². The highest BCUT2D eigenvalue weighted by molar-refractivity contribution is 14.0. The summed E-state index contributed by atoms with van der Waals surface area (Å²) in [5, 5.41) is 16.2. The molecule has 24 heavy (non-hydrogen) atoms. The zero-order chi connectivity index (χ0) is 16.5. The van der Waals surface area contributed by atoms with Crippen LogP contribution in [0, 0.1) is 11.3 Å². The van der Waals surface area contributed by atoms with Crippen molar-refractivity contribution in [2.45, 2.75) is 13.0 Å². The first-order chi connectivity index (χ1) is 11.2. The highest BCUT2D eigenvalue weighted by Gasteiger charge is 2.00. The van der Waals surface area contributed by atoms with Crippen molar-refractivity contribution in [2.75, 3.05) is 13.6 Å². The third-order valence-corrected chi connectivity index (χ3v) is 3.57. The molecule has 0 bridgehead atoms. The van der Waals surface area contributed by atoms with Gasteiger partial charge in [-0.3, -0.25) is 4.99 Å². The minimum atomic E-state index is 0. The van der Waals surface area contributed by atoms with Crippen LogP contribution in [0.3, 0.4) is 0 Å². The van der Waals surface area contributed by atoms with E-state index in [4.69, 9.17) is 16.9 Å². The van der Waals surface area contributed by atoms with Gasteiger partial charge in [-0.2, -0.15) is 5.26 Å². The lowest BCUT2D eigenvalue weighted by Gasteiger charge is -2.12. The van der Waals surface area contributed by atoms with Gasteiger partial charge in [-0.05, 0) is 41.8 Å². The van der Waals surface area contributed by atoms with Gasteiger partial charge < -0.3 is 10.6 Å². The maximum Gasteiger partial charge on any atom is 0.191 e. The van der Waals surface area contributed by atoms with Crippen LogP contribution >= 0.6 is 35.6 Å². The Bertz CT molecular complexity index is 725. The lowest BCUT2D eigenvalue weighted by molar-refractivity contribution is 0.794. The van der Waals surface area contributed by atoms with Crippen LogP contribution in [0.25, 0.3) is 0 Å². The van der Waals surface area contributed by atoms with Crippen LogP contribution in [0.4, 0.5) is 0 Å². The second-order valence-corrected chi connectivity index (χ2v) is 5.48. The van der Waals surface area contributed by atoms with E-state index in [-0.39, 0.29) is 24.0 Å². The zero-order valence-electron chi connectivity index (χ0n) is 13.4. The normalized spacial score (nSPS) is 10.5. The molecular formula is C18H20ClIN4. The maximum atomic E-state index is 8.91. The molecule has 0 aliphatic rings. The summed E-state index contributed by atoms with van der Waals surface area (Å²) >= 11 is 5.98. The molecule has 0 radical (unpaired) electrons. The molecule has 0 amide bonds. The van der Waals surface area contributed by atoms with E-state index in [9.17, 15) is 0 Å². The van der Waals surface area contributed by atoms with Crippen LogP contribution in [-0.4, -0.2) is 19.6 Å². The fourth-order valence-electron chi connectivity index (χ4n) is 2.17. The molecule has 0 saturated carbocycles. The van der Waals surface area contributed by atoms with E-state index in [2.05, 4.69) is 27.8 Å². The predicted molar refractivity (Wildman–Crippen MR) is 110 cm³/mol. The summed E-state index contributed by atoms with van der Waals surface area (Å²) in [6.45, 7) is 1.38. The van der Waals surface area contributed by atoms with Gasteiger partial charge in [0.25, 0.3) is 0 Å². The van der Waals surface area contributed by atoms with Crippen LogP contribution in [-0.2, 0) is 13.0 Å². The highest BCUT2D eigenvalue weighted by Crippen LogP contribution is 2.10. The van der Waals surface area contributed by atoms with Crippen molar-refractivity contribution in [3.8, 4) is 6.07 Å². The van der Waals surface area contributed by atoms with Crippen molar-refractivity contribution < 1.29 is 0 Å². The summed E-state index contributed by atoms with van der Waals surface area (Å²) in [6, 6.07) is 17.5. The molecule has 0 heterocycles. The second-order valence-electron chi connectivity index (χ2n) is 5.04. The van der Waals surface area contributed by atoms with Crippen LogP contribution in [0.5, 0.6) is 0 Å². The zero-order valence-corrected chi connectivity index (χ0v) is 16.5. The van der Waals surface area contributed by atoms with Gasteiger partial charge in [0.15, 0.2) is 5.96 Å². The van der Waals surface area contributed by atoms with E-state index in [1.807, 2.05) is 36.4 Å². The molecule has 2 aromatic carbocycles. The van der Waals surface area contributed by atoms with Crippen LogP contribution in [0.2, 0.25) is 5.02 Å². The van der Waals surface area contributed by atoms with Crippen LogP contribution in [0.15, 0.2) is 53.5 Å². The summed E-state index contributed by atoms with van der Waals surface area (Å²) in [5.74, 6) is 0.731. The van der Waals surface area contributed by atoms with Gasteiger partial charge in [-0.25, -0.2) is 0 Å². The average Bonchev–Trinajstić information content (AvgIpc) is 2.58. The van der Waals surface area contributed by atoms with Crippen molar-refractivity contribution in [1.29, 1.82) is 5.26 Å². The number of halogens is 2. The number of nitrogens with one attached hydrogen (secondary N) is 2. The number of rotatable bonds is 5. The molecule has 0 fully saturated rings. The SMILES string of the molecule is CN=C(NCCc1cccc(Cl)c1)NCc1cccc(C#N)c1.I. The van der Waals surface area contributed by atoms with Crippen molar-refractivity contribution in [3.05, 3.63) is 70.2 Å². The molecule has 0 aliphatic heterocycles. The molecule has 2 aromatic rings. The van der Waals surface area contributed by atoms with Crippen molar-refractivity contribution >= 4 is 41.5 Å². The third kappa shape index (κ3) is 6.77. The number of nitriles is 1. The number of hydrogen-bond donors (Lipinski definition) is 2. The fourth-order valence-corrected chi connectivity index (χ4v) is 2.39. The standard InChI is InChI=1S/C18H19ClN4.HI/c1-21-18(22-9-8-14-4-3-7-17(19)11-14)23-13-16-6-2-5-15(10-16)12-20;/h2-7,10-11H,8-9,13H2,1H3,(H2,21,22,23);1H. The Morgan fingerprint density at radius 1 is 1.12 bits per heavy atom.